The second kappa shape index (κ2) is 9.02. The normalized spacial score (nSPS) is 20.9. The predicted molar refractivity (Wildman–Crippen MR) is 122 cm³/mol. The Morgan fingerprint density at radius 3 is 2.90 bits per heavy atom. The van der Waals surface area contributed by atoms with Crippen LogP contribution in [0.25, 0.3) is 0 Å². The number of halogens is 1. The van der Waals surface area contributed by atoms with Crippen LogP contribution in [0.1, 0.15) is 36.0 Å². The third-order valence-electron chi connectivity index (χ3n) is 5.05. The quantitative estimate of drug-likeness (QED) is 0.695. The molecule has 0 saturated carbocycles. The first kappa shape index (κ1) is 20.6. The van der Waals surface area contributed by atoms with Crippen molar-refractivity contribution in [3.05, 3.63) is 64.2 Å². The highest BCUT2D eigenvalue weighted by Crippen LogP contribution is 2.26. The molecule has 2 aromatic rings. The number of fused-ring (bicyclic) bond motifs is 1. The third kappa shape index (κ3) is 4.74. The lowest BCUT2D eigenvalue weighted by Gasteiger charge is -2.16. The average Bonchev–Trinajstić information content (AvgIpc) is 3.08. The van der Waals surface area contributed by atoms with Gasteiger partial charge in [-0.15, -0.1) is 5.10 Å². The van der Waals surface area contributed by atoms with Crippen LogP contribution in [0.4, 0.5) is 5.69 Å². The van der Waals surface area contributed by atoms with Gasteiger partial charge in [0, 0.05) is 22.7 Å². The molecule has 0 radical (unpaired) electrons. The fraction of sp³-hybridized carbons (Fsp3) is 0.273. The lowest BCUT2D eigenvalue weighted by molar-refractivity contribution is -0.122. The number of hydrogen-bond donors (Lipinski definition) is 2. The minimum Gasteiger partial charge on any atom is -0.326 e. The molecule has 1 aliphatic carbocycles. The van der Waals surface area contributed by atoms with E-state index in [2.05, 4.69) is 33.0 Å². The Kier molecular flexibility index (Phi) is 6.20. The SMILES string of the molecule is Cc1ccc(NC(=O)C[C@H]2S/C(=N/N=C3/CCCc4ccccc43)NC2=O)cc1Cl. The fourth-order valence-electron chi connectivity index (χ4n) is 3.45. The van der Waals surface area contributed by atoms with E-state index in [-0.39, 0.29) is 18.2 Å². The van der Waals surface area contributed by atoms with E-state index in [9.17, 15) is 9.59 Å². The van der Waals surface area contributed by atoms with Gasteiger partial charge in [0.05, 0.1) is 5.71 Å². The molecule has 4 rings (SSSR count). The number of carbonyl (C=O) groups is 2. The van der Waals surface area contributed by atoms with Gasteiger partial charge in [0.2, 0.25) is 11.8 Å². The van der Waals surface area contributed by atoms with Gasteiger partial charge >= 0.3 is 0 Å². The highest BCUT2D eigenvalue weighted by Gasteiger charge is 2.32. The lowest BCUT2D eigenvalue weighted by Crippen LogP contribution is -2.28. The van der Waals surface area contributed by atoms with Gasteiger partial charge in [-0.25, -0.2) is 0 Å². The van der Waals surface area contributed by atoms with Crippen LogP contribution < -0.4 is 10.6 Å². The highest BCUT2D eigenvalue weighted by atomic mass is 35.5. The number of rotatable bonds is 4. The first-order chi connectivity index (χ1) is 14.5. The number of nitrogens with one attached hydrogen (secondary N) is 2. The van der Waals surface area contributed by atoms with Crippen LogP contribution in [-0.2, 0) is 16.0 Å². The molecule has 0 spiro atoms. The number of benzene rings is 2. The lowest BCUT2D eigenvalue weighted by atomic mass is 9.90. The van der Waals surface area contributed by atoms with Crippen molar-refractivity contribution in [3.63, 3.8) is 0 Å². The summed E-state index contributed by atoms with van der Waals surface area (Å²) >= 11 is 7.32. The van der Waals surface area contributed by atoms with Gasteiger partial charge in [0.1, 0.15) is 5.25 Å². The Labute approximate surface area is 184 Å². The summed E-state index contributed by atoms with van der Waals surface area (Å²) in [5, 5.41) is 14.6. The molecule has 0 aromatic heterocycles. The van der Waals surface area contributed by atoms with E-state index in [0.717, 1.165) is 36.1 Å². The van der Waals surface area contributed by atoms with E-state index in [1.807, 2.05) is 25.1 Å². The van der Waals surface area contributed by atoms with Crippen molar-refractivity contribution in [2.75, 3.05) is 5.32 Å². The molecule has 1 aliphatic heterocycles. The number of carbonyl (C=O) groups excluding carboxylic acids is 2. The van der Waals surface area contributed by atoms with Gasteiger partial charge in [0.15, 0.2) is 5.17 Å². The zero-order valence-corrected chi connectivity index (χ0v) is 18.0. The van der Waals surface area contributed by atoms with Crippen LogP contribution in [0.2, 0.25) is 5.02 Å². The summed E-state index contributed by atoms with van der Waals surface area (Å²) in [7, 11) is 0. The molecule has 1 heterocycles. The maximum atomic E-state index is 12.3. The van der Waals surface area contributed by atoms with Crippen molar-refractivity contribution < 1.29 is 9.59 Å². The zero-order chi connectivity index (χ0) is 21.1. The molecule has 30 heavy (non-hydrogen) atoms. The number of nitrogens with zero attached hydrogens (tertiary/aromatic N) is 2. The number of aryl methyl sites for hydroxylation is 2. The molecule has 0 unspecified atom stereocenters. The van der Waals surface area contributed by atoms with E-state index in [0.29, 0.717) is 15.9 Å². The van der Waals surface area contributed by atoms with Crippen LogP contribution in [-0.4, -0.2) is 27.9 Å². The summed E-state index contributed by atoms with van der Waals surface area (Å²) in [5.74, 6) is -0.489. The van der Waals surface area contributed by atoms with E-state index in [1.54, 1.807) is 12.1 Å². The summed E-state index contributed by atoms with van der Waals surface area (Å²) in [6.45, 7) is 1.89. The van der Waals surface area contributed by atoms with Crippen LogP contribution in [0.15, 0.2) is 52.7 Å². The molecule has 2 N–H and O–H groups in total. The second-order valence-electron chi connectivity index (χ2n) is 7.27. The summed E-state index contributed by atoms with van der Waals surface area (Å²) < 4.78 is 0. The van der Waals surface area contributed by atoms with Gasteiger partial charge in [-0.3, -0.25) is 9.59 Å². The van der Waals surface area contributed by atoms with Crippen molar-refractivity contribution in [3.8, 4) is 0 Å². The number of thioether (sulfide) groups is 1. The molecule has 2 aliphatic rings. The van der Waals surface area contributed by atoms with Crippen molar-refractivity contribution in [2.45, 2.75) is 37.9 Å². The van der Waals surface area contributed by atoms with Gasteiger partial charge in [0.25, 0.3) is 0 Å². The maximum absolute atomic E-state index is 12.3. The molecular formula is C22H21ClN4O2S. The average molecular weight is 441 g/mol. The second-order valence-corrected chi connectivity index (χ2v) is 8.87. The van der Waals surface area contributed by atoms with Crippen LogP contribution >= 0.6 is 23.4 Å². The van der Waals surface area contributed by atoms with Gasteiger partial charge < -0.3 is 10.6 Å². The number of amidine groups is 1. The molecule has 1 saturated heterocycles. The Morgan fingerprint density at radius 2 is 2.07 bits per heavy atom. The van der Waals surface area contributed by atoms with Crippen molar-refractivity contribution in [2.24, 2.45) is 10.2 Å². The predicted octanol–water partition coefficient (Wildman–Crippen LogP) is 4.31. The van der Waals surface area contributed by atoms with Crippen LogP contribution in [0.3, 0.4) is 0 Å². The number of anilines is 1. The number of amides is 2. The molecule has 2 amide bonds. The van der Waals surface area contributed by atoms with Crippen LogP contribution in [0.5, 0.6) is 0 Å². The molecule has 8 heteroatoms. The summed E-state index contributed by atoms with van der Waals surface area (Å²) in [6, 6.07) is 13.5. The minimum atomic E-state index is -0.538. The van der Waals surface area contributed by atoms with E-state index >= 15 is 0 Å². The summed E-state index contributed by atoms with van der Waals surface area (Å²) in [4.78, 5) is 24.6. The number of hydrogen-bond acceptors (Lipinski definition) is 5. The Balaban J connectivity index is 1.39. The first-order valence-corrected chi connectivity index (χ1v) is 11.0. The fourth-order valence-corrected chi connectivity index (χ4v) is 4.55. The standard InChI is InChI=1S/C22H21ClN4O2S/c1-13-9-10-15(11-17(13)23)24-20(28)12-19-21(29)25-22(30-19)27-26-18-8-4-6-14-5-2-3-7-16(14)18/h2-3,5,7,9-11,19H,4,6,8,12H2,1H3,(H,24,28)(H,25,27,29)/b26-18-/t19-/m1/s1. The molecule has 2 aromatic carbocycles. The van der Waals surface area contributed by atoms with E-state index < -0.39 is 5.25 Å². The topological polar surface area (TPSA) is 82.9 Å². The molecule has 0 bridgehead atoms. The molecule has 1 atom stereocenters. The van der Waals surface area contributed by atoms with Gasteiger partial charge in [-0.2, -0.15) is 5.10 Å². The molecule has 154 valence electrons. The minimum absolute atomic E-state index is 0.0421. The van der Waals surface area contributed by atoms with Gasteiger partial charge in [-0.1, -0.05) is 53.7 Å². The van der Waals surface area contributed by atoms with E-state index in [1.165, 1.54) is 17.3 Å². The molecule has 6 nitrogen and oxygen atoms in total. The van der Waals surface area contributed by atoms with Crippen molar-refractivity contribution in [1.82, 2.24) is 5.32 Å². The maximum Gasteiger partial charge on any atom is 0.240 e. The summed E-state index contributed by atoms with van der Waals surface area (Å²) in [5.41, 5.74) is 4.86. The van der Waals surface area contributed by atoms with Gasteiger partial charge in [-0.05, 0) is 49.4 Å². The molecule has 1 fully saturated rings. The highest BCUT2D eigenvalue weighted by molar-refractivity contribution is 8.15. The Morgan fingerprint density at radius 1 is 1.23 bits per heavy atom. The monoisotopic (exact) mass is 440 g/mol. The smallest absolute Gasteiger partial charge is 0.240 e. The summed E-state index contributed by atoms with van der Waals surface area (Å²) in [6.07, 6.45) is 2.98. The van der Waals surface area contributed by atoms with Crippen LogP contribution in [0, 0.1) is 6.92 Å². The van der Waals surface area contributed by atoms with Crippen molar-refractivity contribution >= 4 is 51.7 Å². The largest absolute Gasteiger partial charge is 0.326 e. The van der Waals surface area contributed by atoms with Crippen molar-refractivity contribution in [1.29, 1.82) is 0 Å². The first-order valence-electron chi connectivity index (χ1n) is 9.76. The Hall–Kier alpha value is -2.64. The molecular weight excluding hydrogens is 420 g/mol. The van der Waals surface area contributed by atoms with E-state index in [4.69, 9.17) is 11.6 Å². The Bertz CT molecular complexity index is 1070. The zero-order valence-electron chi connectivity index (χ0n) is 16.4. The third-order valence-corrected chi connectivity index (χ3v) is 6.53.